The van der Waals surface area contributed by atoms with Gasteiger partial charge in [0.25, 0.3) is 0 Å². The van der Waals surface area contributed by atoms with Gasteiger partial charge in [0.15, 0.2) is 0 Å². The highest BCUT2D eigenvalue weighted by Crippen LogP contribution is 1.73. The number of ether oxygens (including phenoxy) is 1. The Bertz CT molecular complexity index is 249. The normalized spacial score (nSPS) is 9.00. The van der Waals surface area contributed by atoms with Crippen molar-refractivity contribution in [3.8, 4) is 6.07 Å². The molecular weight excluding hydrogens is 200 g/mol. The number of rotatable bonds is 7. The molecule has 0 saturated heterocycles. The third-order valence-electron chi connectivity index (χ3n) is 1.37. The summed E-state index contributed by atoms with van der Waals surface area (Å²) in [6.07, 6.45) is -0.549. The van der Waals surface area contributed by atoms with Crippen LogP contribution in [0.5, 0.6) is 0 Å². The third kappa shape index (κ3) is 10.1. The van der Waals surface area contributed by atoms with E-state index >= 15 is 0 Å². The van der Waals surface area contributed by atoms with Crippen LogP contribution in [0.25, 0.3) is 0 Å². The molecule has 0 bridgehead atoms. The van der Waals surface area contributed by atoms with Gasteiger partial charge in [0.2, 0.25) is 5.91 Å². The van der Waals surface area contributed by atoms with Crippen molar-refractivity contribution in [2.45, 2.75) is 6.42 Å². The second kappa shape index (κ2) is 8.77. The number of amides is 2. The third-order valence-corrected chi connectivity index (χ3v) is 1.37. The van der Waals surface area contributed by atoms with Crippen LogP contribution in [0, 0.1) is 11.3 Å². The summed E-state index contributed by atoms with van der Waals surface area (Å²) in [4.78, 5) is 21.1. The molecule has 0 fully saturated rings. The Morgan fingerprint density at radius 1 is 1.40 bits per heavy atom. The van der Waals surface area contributed by atoms with Crippen molar-refractivity contribution in [1.29, 1.82) is 5.26 Å². The van der Waals surface area contributed by atoms with E-state index in [9.17, 15) is 9.59 Å². The van der Waals surface area contributed by atoms with E-state index in [0.29, 0.717) is 13.1 Å². The van der Waals surface area contributed by atoms with E-state index in [0.717, 1.165) is 0 Å². The topological polar surface area (TPSA) is 117 Å². The van der Waals surface area contributed by atoms with Crippen LogP contribution >= 0.6 is 0 Å². The van der Waals surface area contributed by atoms with Gasteiger partial charge >= 0.3 is 6.09 Å². The molecule has 0 aromatic carbocycles. The average molecular weight is 214 g/mol. The summed E-state index contributed by atoms with van der Waals surface area (Å²) in [6, 6.07) is 1.91. The minimum Gasteiger partial charge on any atom is -0.448 e. The van der Waals surface area contributed by atoms with Gasteiger partial charge in [-0.05, 0) is 0 Å². The molecule has 0 atom stereocenters. The number of nitrogens with zero attached hydrogens (tertiary/aromatic N) is 1. The second-order valence-corrected chi connectivity index (χ2v) is 2.60. The zero-order chi connectivity index (χ0) is 11.5. The van der Waals surface area contributed by atoms with Gasteiger partial charge in [0.1, 0.15) is 6.61 Å². The average Bonchev–Trinajstić information content (AvgIpc) is 2.17. The van der Waals surface area contributed by atoms with E-state index in [4.69, 9.17) is 11.0 Å². The van der Waals surface area contributed by atoms with Gasteiger partial charge in [0, 0.05) is 13.1 Å². The second-order valence-electron chi connectivity index (χ2n) is 2.60. The monoisotopic (exact) mass is 214 g/mol. The standard InChI is InChI=1S/C8H14N4O3/c9-2-1-3-12-7(13)6-11-4-5-15-8(10)14/h11H,1,3-6H2,(H2,10,14)(H,12,13). The molecule has 2 amide bonds. The van der Waals surface area contributed by atoms with Crippen LogP contribution in [0.4, 0.5) is 4.79 Å². The number of carbonyl (C=O) groups excluding carboxylic acids is 2. The maximum atomic E-state index is 11.0. The molecule has 0 aliphatic heterocycles. The highest BCUT2D eigenvalue weighted by Gasteiger charge is 1.99. The Hall–Kier alpha value is -1.81. The number of hydrogen-bond donors (Lipinski definition) is 3. The van der Waals surface area contributed by atoms with Crippen molar-refractivity contribution in [2.24, 2.45) is 5.73 Å². The van der Waals surface area contributed by atoms with Gasteiger partial charge in [0.05, 0.1) is 19.0 Å². The minimum absolute atomic E-state index is 0.119. The number of nitrogens with two attached hydrogens (primary N) is 1. The lowest BCUT2D eigenvalue weighted by Gasteiger charge is -2.04. The van der Waals surface area contributed by atoms with Crippen LogP contribution in [-0.4, -0.2) is 38.2 Å². The zero-order valence-corrected chi connectivity index (χ0v) is 8.28. The van der Waals surface area contributed by atoms with Crippen molar-refractivity contribution in [3.63, 3.8) is 0 Å². The van der Waals surface area contributed by atoms with Gasteiger partial charge in [-0.2, -0.15) is 5.26 Å². The van der Waals surface area contributed by atoms with E-state index in [1.54, 1.807) is 0 Å². The number of carbonyl (C=O) groups is 2. The van der Waals surface area contributed by atoms with Crippen molar-refractivity contribution in [3.05, 3.63) is 0 Å². The Kier molecular flexibility index (Phi) is 7.71. The molecule has 84 valence electrons. The molecule has 0 rings (SSSR count). The van der Waals surface area contributed by atoms with Crippen molar-refractivity contribution >= 4 is 12.0 Å². The van der Waals surface area contributed by atoms with Gasteiger partial charge < -0.3 is 21.1 Å². The number of hydrogen-bond acceptors (Lipinski definition) is 5. The summed E-state index contributed by atoms with van der Waals surface area (Å²) >= 11 is 0. The van der Waals surface area contributed by atoms with Crippen LogP contribution in [0.1, 0.15) is 6.42 Å². The fourth-order valence-corrected chi connectivity index (χ4v) is 0.746. The minimum atomic E-state index is -0.838. The molecule has 7 nitrogen and oxygen atoms in total. The predicted molar refractivity (Wildman–Crippen MR) is 51.6 cm³/mol. The van der Waals surface area contributed by atoms with Crippen molar-refractivity contribution in [2.75, 3.05) is 26.2 Å². The highest BCUT2D eigenvalue weighted by molar-refractivity contribution is 5.77. The van der Waals surface area contributed by atoms with Crippen LogP contribution in [0.2, 0.25) is 0 Å². The first-order valence-electron chi connectivity index (χ1n) is 4.43. The van der Waals surface area contributed by atoms with Crippen molar-refractivity contribution in [1.82, 2.24) is 10.6 Å². The van der Waals surface area contributed by atoms with Gasteiger partial charge in [-0.3, -0.25) is 4.79 Å². The predicted octanol–water partition coefficient (Wildman–Crippen LogP) is -1.30. The Labute approximate surface area is 87.6 Å². The highest BCUT2D eigenvalue weighted by atomic mass is 16.5. The fraction of sp³-hybridized carbons (Fsp3) is 0.625. The fourth-order valence-electron chi connectivity index (χ4n) is 0.746. The lowest BCUT2D eigenvalue weighted by molar-refractivity contribution is -0.120. The molecule has 0 unspecified atom stereocenters. The Morgan fingerprint density at radius 2 is 2.13 bits per heavy atom. The largest absolute Gasteiger partial charge is 0.448 e. The number of nitrogens with one attached hydrogen (secondary N) is 2. The lowest BCUT2D eigenvalue weighted by Crippen LogP contribution is -2.36. The summed E-state index contributed by atoms with van der Waals surface area (Å²) < 4.78 is 4.42. The molecule has 4 N–H and O–H groups in total. The summed E-state index contributed by atoms with van der Waals surface area (Å²) in [5.41, 5.74) is 4.72. The van der Waals surface area contributed by atoms with Gasteiger partial charge in [-0.25, -0.2) is 4.79 Å². The summed E-state index contributed by atoms with van der Waals surface area (Å²) in [7, 11) is 0. The molecule has 0 heterocycles. The van der Waals surface area contributed by atoms with Gasteiger partial charge in [-0.1, -0.05) is 0 Å². The maximum absolute atomic E-state index is 11.0. The van der Waals surface area contributed by atoms with E-state index < -0.39 is 6.09 Å². The molecule has 0 radical (unpaired) electrons. The smallest absolute Gasteiger partial charge is 0.404 e. The van der Waals surface area contributed by atoms with Crippen LogP contribution < -0.4 is 16.4 Å². The first-order valence-corrected chi connectivity index (χ1v) is 4.43. The summed E-state index contributed by atoms with van der Waals surface area (Å²) in [5, 5.41) is 13.5. The lowest BCUT2D eigenvalue weighted by atomic mass is 10.4. The first kappa shape index (κ1) is 13.2. The molecule has 0 aliphatic rings. The van der Waals surface area contributed by atoms with E-state index in [1.165, 1.54) is 0 Å². The number of nitriles is 1. The van der Waals surface area contributed by atoms with E-state index in [2.05, 4.69) is 15.4 Å². The molecular formula is C8H14N4O3. The van der Waals surface area contributed by atoms with Crippen LogP contribution in [0.3, 0.4) is 0 Å². The Morgan fingerprint density at radius 3 is 2.73 bits per heavy atom. The van der Waals surface area contributed by atoms with Crippen molar-refractivity contribution < 1.29 is 14.3 Å². The molecule has 0 aromatic rings. The molecule has 0 spiro atoms. The van der Waals surface area contributed by atoms with E-state index in [-0.39, 0.29) is 25.5 Å². The molecule has 0 aromatic heterocycles. The molecule has 0 aliphatic carbocycles. The van der Waals surface area contributed by atoms with Crippen LogP contribution in [-0.2, 0) is 9.53 Å². The van der Waals surface area contributed by atoms with Gasteiger partial charge in [-0.15, -0.1) is 0 Å². The summed E-state index contributed by atoms with van der Waals surface area (Å²) in [5.74, 6) is -0.204. The van der Waals surface area contributed by atoms with Crippen LogP contribution in [0.15, 0.2) is 0 Å². The van der Waals surface area contributed by atoms with E-state index in [1.807, 2.05) is 6.07 Å². The quantitative estimate of drug-likeness (QED) is 0.455. The first-order chi connectivity index (χ1) is 7.16. The summed E-state index contributed by atoms with van der Waals surface area (Å²) in [6.45, 7) is 0.942. The zero-order valence-electron chi connectivity index (χ0n) is 8.28. The molecule has 7 heteroatoms. The SMILES string of the molecule is N#CCCNC(=O)CNCCOC(N)=O. The Balaban J connectivity index is 3.24. The molecule has 0 saturated carbocycles. The number of primary amides is 1. The molecule has 15 heavy (non-hydrogen) atoms. The maximum Gasteiger partial charge on any atom is 0.404 e.